The summed E-state index contributed by atoms with van der Waals surface area (Å²) in [5, 5.41) is 12.2. The zero-order valence-electron chi connectivity index (χ0n) is 12.1. The second kappa shape index (κ2) is 6.07. The van der Waals surface area contributed by atoms with Crippen molar-refractivity contribution in [1.82, 2.24) is 24.9 Å². The maximum atomic E-state index is 12.3. The van der Waals surface area contributed by atoms with Crippen LogP contribution in [0.4, 0.5) is 0 Å². The Bertz CT molecular complexity index is 647. The first-order valence-electron chi connectivity index (χ1n) is 6.55. The molecule has 0 aliphatic heterocycles. The summed E-state index contributed by atoms with van der Waals surface area (Å²) in [6.07, 6.45) is 4.84. The van der Waals surface area contributed by atoms with Crippen LogP contribution in [0, 0.1) is 0 Å². The molecular formula is C13H17Cl2N5O. The summed E-state index contributed by atoms with van der Waals surface area (Å²) in [5.41, 5.74) is -0.214. The number of aromatic nitrogens is 4. The quantitative estimate of drug-likeness (QED) is 0.916. The minimum absolute atomic E-state index is 0.190. The monoisotopic (exact) mass is 329 g/mol. The van der Waals surface area contributed by atoms with Crippen LogP contribution in [-0.4, -0.2) is 25.5 Å². The van der Waals surface area contributed by atoms with Gasteiger partial charge in [0, 0.05) is 18.9 Å². The van der Waals surface area contributed by atoms with Gasteiger partial charge in [-0.25, -0.2) is 0 Å². The van der Waals surface area contributed by atoms with E-state index in [9.17, 15) is 4.79 Å². The number of nitrogens with one attached hydrogen (secondary N) is 1. The highest BCUT2D eigenvalue weighted by Crippen LogP contribution is 2.18. The molecule has 0 aliphatic rings. The molecule has 0 bridgehead atoms. The van der Waals surface area contributed by atoms with E-state index in [-0.39, 0.29) is 12.5 Å². The van der Waals surface area contributed by atoms with Crippen LogP contribution < -0.4 is 5.32 Å². The van der Waals surface area contributed by atoms with Gasteiger partial charge >= 0.3 is 0 Å². The van der Waals surface area contributed by atoms with Gasteiger partial charge < -0.3 is 5.32 Å². The molecule has 0 radical (unpaired) electrons. The zero-order chi connectivity index (χ0) is 15.6. The molecule has 1 N–H and O–H groups in total. The molecule has 0 aromatic carbocycles. The fourth-order valence-electron chi connectivity index (χ4n) is 1.81. The van der Waals surface area contributed by atoms with Gasteiger partial charge in [0.25, 0.3) is 0 Å². The molecule has 0 atom stereocenters. The summed E-state index contributed by atoms with van der Waals surface area (Å²) in [5.74, 6) is -0.190. The van der Waals surface area contributed by atoms with Gasteiger partial charge in [0.1, 0.15) is 11.2 Å². The Morgan fingerprint density at radius 1 is 1.38 bits per heavy atom. The normalized spacial score (nSPS) is 11.7. The maximum absolute atomic E-state index is 12.3. The molecule has 1 amide bonds. The summed E-state index contributed by atoms with van der Waals surface area (Å²) < 4.78 is 3.25. The molecule has 2 rings (SSSR count). The second-order valence-corrected chi connectivity index (χ2v) is 5.97. The van der Waals surface area contributed by atoms with Gasteiger partial charge in [-0.1, -0.05) is 23.2 Å². The lowest BCUT2D eigenvalue weighted by Gasteiger charge is -2.24. The first-order valence-corrected chi connectivity index (χ1v) is 7.31. The summed E-state index contributed by atoms with van der Waals surface area (Å²) >= 11 is 11.9. The number of nitrogens with zero attached hydrogens (tertiary/aromatic N) is 4. The molecule has 2 heterocycles. The van der Waals surface area contributed by atoms with Crippen LogP contribution in [0.25, 0.3) is 0 Å². The van der Waals surface area contributed by atoms with Crippen LogP contribution in [0.1, 0.15) is 26.5 Å². The molecule has 0 aliphatic carbocycles. The maximum Gasteiger partial charge on any atom is 0.247 e. The van der Waals surface area contributed by atoms with E-state index in [2.05, 4.69) is 15.5 Å². The van der Waals surface area contributed by atoms with Crippen LogP contribution in [0.5, 0.6) is 0 Å². The highest BCUT2D eigenvalue weighted by Gasteiger charge is 2.30. The standard InChI is InChI=1S/C13H17Cl2N5O/c1-4-19-8-10(15)11(18-19)6-16-12(21)13(2,3)20-7-9(14)5-17-20/h5,7-8H,4,6H2,1-3H3,(H,16,21). The Hall–Kier alpha value is -1.53. The van der Waals surface area contributed by atoms with Crippen LogP contribution in [0.15, 0.2) is 18.6 Å². The van der Waals surface area contributed by atoms with E-state index in [1.54, 1.807) is 30.9 Å². The first kappa shape index (κ1) is 15.9. The van der Waals surface area contributed by atoms with E-state index < -0.39 is 5.54 Å². The van der Waals surface area contributed by atoms with Crippen LogP contribution in [0.2, 0.25) is 10.0 Å². The third-order valence-corrected chi connectivity index (χ3v) is 3.72. The molecule has 2 aromatic heterocycles. The third-order valence-electron chi connectivity index (χ3n) is 3.21. The number of carbonyl (C=O) groups is 1. The van der Waals surface area contributed by atoms with Crippen molar-refractivity contribution < 1.29 is 4.79 Å². The Morgan fingerprint density at radius 2 is 2.10 bits per heavy atom. The van der Waals surface area contributed by atoms with Crippen molar-refractivity contribution in [2.45, 2.75) is 39.4 Å². The predicted molar refractivity (Wildman–Crippen MR) is 81.3 cm³/mol. The van der Waals surface area contributed by atoms with Gasteiger partial charge in [-0.15, -0.1) is 0 Å². The Kier molecular flexibility index (Phi) is 4.58. The van der Waals surface area contributed by atoms with Gasteiger partial charge in [0.2, 0.25) is 5.91 Å². The number of aryl methyl sites for hydroxylation is 1. The molecule has 114 valence electrons. The van der Waals surface area contributed by atoms with Crippen molar-refractivity contribution in [2.24, 2.45) is 0 Å². The fraction of sp³-hybridized carbons (Fsp3) is 0.462. The largest absolute Gasteiger partial charge is 0.348 e. The van der Waals surface area contributed by atoms with Gasteiger partial charge in [0.15, 0.2) is 0 Å². The van der Waals surface area contributed by atoms with Crippen LogP contribution in [0.3, 0.4) is 0 Å². The molecule has 6 nitrogen and oxygen atoms in total. The number of carbonyl (C=O) groups excluding carboxylic acids is 1. The number of hydrogen-bond donors (Lipinski definition) is 1. The van der Waals surface area contributed by atoms with E-state index in [0.717, 1.165) is 6.54 Å². The van der Waals surface area contributed by atoms with E-state index in [1.807, 2.05) is 6.92 Å². The first-order chi connectivity index (χ1) is 9.84. The van der Waals surface area contributed by atoms with E-state index in [1.165, 1.54) is 10.9 Å². The number of rotatable bonds is 5. The molecular weight excluding hydrogens is 313 g/mol. The number of amides is 1. The minimum atomic E-state index is -0.854. The highest BCUT2D eigenvalue weighted by atomic mass is 35.5. The van der Waals surface area contributed by atoms with Gasteiger partial charge in [0.05, 0.1) is 22.8 Å². The Morgan fingerprint density at radius 3 is 2.62 bits per heavy atom. The smallest absolute Gasteiger partial charge is 0.247 e. The SMILES string of the molecule is CCn1cc(Cl)c(CNC(=O)C(C)(C)n2cc(Cl)cn2)n1. The lowest BCUT2D eigenvalue weighted by molar-refractivity contribution is -0.129. The molecule has 2 aromatic rings. The average molecular weight is 330 g/mol. The average Bonchev–Trinajstić information content (AvgIpc) is 3.02. The Balaban J connectivity index is 2.05. The van der Waals surface area contributed by atoms with Crippen molar-refractivity contribution in [3.05, 3.63) is 34.3 Å². The summed E-state index contributed by atoms with van der Waals surface area (Å²) in [7, 11) is 0. The van der Waals surface area contributed by atoms with Crippen molar-refractivity contribution in [3.63, 3.8) is 0 Å². The predicted octanol–water partition coefficient (Wildman–Crippen LogP) is 2.46. The summed E-state index contributed by atoms with van der Waals surface area (Å²) in [6, 6.07) is 0. The lowest BCUT2D eigenvalue weighted by atomic mass is 10.1. The van der Waals surface area contributed by atoms with Crippen molar-refractivity contribution >= 4 is 29.1 Å². The number of hydrogen-bond acceptors (Lipinski definition) is 3. The molecule has 21 heavy (non-hydrogen) atoms. The molecule has 8 heteroatoms. The zero-order valence-corrected chi connectivity index (χ0v) is 13.6. The highest BCUT2D eigenvalue weighted by molar-refractivity contribution is 6.31. The van der Waals surface area contributed by atoms with E-state index >= 15 is 0 Å². The molecule has 0 saturated carbocycles. The van der Waals surface area contributed by atoms with E-state index in [4.69, 9.17) is 23.2 Å². The van der Waals surface area contributed by atoms with Gasteiger partial charge in [-0.3, -0.25) is 14.2 Å². The number of halogens is 2. The van der Waals surface area contributed by atoms with Crippen LogP contribution in [-0.2, 0) is 23.4 Å². The topological polar surface area (TPSA) is 64.7 Å². The van der Waals surface area contributed by atoms with E-state index in [0.29, 0.717) is 15.7 Å². The van der Waals surface area contributed by atoms with Crippen LogP contribution >= 0.6 is 23.2 Å². The third kappa shape index (κ3) is 3.39. The molecule has 0 spiro atoms. The van der Waals surface area contributed by atoms with Gasteiger partial charge in [-0.05, 0) is 20.8 Å². The molecule has 0 saturated heterocycles. The van der Waals surface area contributed by atoms with Crippen molar-refractivity contribution in [3.8, 4) is 0 Å². The fourth-order valence-corrected chi connectivity index (χ4v) is 2.16. The molecule has 0 fully saturated rings. The van der Waals surface area contributed by atoms with Crippen molar-refractivity contribution in [2.75, 3.05) is 0 Å². The minimum Gasteiger partial charge on any atom is -0.348 e. The van der Waals surface area contributed by atoms with Crippen molar-refractivity contribution in [1.29, 1.82) is 0 Å². The Labute approximate surface area is 133 Å². The molecule has 0 unspecified atom stereocenters. The summed E-state index contributed by atoms with van der Waals surface area (Å²) in [4.78, 5) is 12.3. The summed E-state index contributed by atoms with van der Waals surface area (Å²) in [6.45, 7) is 6.49. The lowest BCUT2D eigenvalue weighted by Crippen LogP contribution is -2.44. The second-order valence-electron chi connectivity index (χ2n) is 5.12. The van der Waals surface area contributed by atoms with Gasteiger partial charge in [-0.2, -0.15) is 10.2 Å².